The molecule has 0 aliphatic carbocycles. The maximum atomic E-state index is 13.9. The Balaban J connectivity index is 2.40. The van der Waals surface area contributed by atoms with Crippen molar-refractivity contribution in [2.45, 2.75) is 12.1 Å². The summed E-state index contributed by atoms with van der Waals surface area (Å²) in [6.45, 7) is 1.78. The molecule has 19 heavy (non-hydrogen) atoms. The Bertz CT molecular complexity index is 630. The van der Waals surface area contributed by atoms with E-state index in [0.717, 1.165) is 11.8 Å². The number of halogens is 2. The van der Waals surface area contributed by atoms with Gasteiger partial charge in [-0.05, 0) is 25.1 Å². The molecule has 1 aromatic heterocycles. The zero-order valence-electron chi connectivity index (χ0n) is 9.93. The summed E-state index contributed by atoms with van der Waals surface area (Å²) in [5.74, 6) is -1.45. The van der Waals surface area contributed by atoms with E-state index in [1.165, 1.54) is 6.07 Å². The second-order valence-electron chi connectivity index (χ2n) is 3.81. The van der Waals surface area contributed by atoms with Crippen LogP contribution in [-0.4, -0.2) is 26.4 Å². The highest BCUT2D eigenvalue weighted by Crippen LogP contribution is 2.25. The van der Waals surface area contributed by atoms with Crippen LogP contribution < -0.4 is 0 Å². The van der Waals surface area contributed by atoms with Crippen LogP contribution in [0.1, 0.15) is 5.69 Å². The quantitative estimate of drug-likeness (QED) is 0.865. The minimum absolute atomic E-state index is 0.116. The third kappa shape index (κ3) is 3.36. The van der Waals surface area contributed by atoms with E-state index in [2.05, 4.69) is 20.9 Å². The van der Waals surface area contributed by atoms with Crippen molar-refractivity contribution in [1.82, 2.24) is 9.55 Å². The van der Waals surface area contributed by atoms with Crippen molar-refractivity contribution in [2.75, 3.05) is 5.75 Å². The van der Waals surface area contributed by atoms with E-state index in [0.29, 0.717) is 21.0 Å². The number of nitrogens with zero attached hydrogens (tertiary/aromatic N) is 2. The summed E-state index contributed by atoms with van der Waals surface area (Å²) < 4.78 is 16.1. The Hall–Kier alpha value is -1.34. The summed E-state index contributed by atoms with van der Waals surface area (Å²) in [5.41, 5.74) is 1.05. The first-order chi connectivity index (χ1) is 8.97. The van der Waals surface area contributed by atoms with Crippen molar-refractivity contribution < 1.29 is 14.3 Å². The molecule has 0 aliphatic heterocycles. The third-order valence-corrected chi connectivity index (χ3v) is 3.72. The van der Waals surface area contributed by atoms with Crippen LogP contribution >= 0.6 is 27.7 Å². The summed E-state index contributed by atoms with van der Waals surface area (Å²) in [6.07, 6.45) is 1.68. The van der Waals surface area contributed by atoms with E-state index < -0.39 is 11.8 Å². The highest BCUT2D eigenvalue weighted by Gasteiger charge is 2.13. The lowest BCUT2D eigenvalue weighted by atomic mass is 10.3. The molecule has 2 aromatic rings. The number of carbonyl (C=O) groups is 1. The molecule has 0 bridgehead atoms. The second kappa shape index (κ2) is 5.75. The predicted molar refractivity (Wildman–Crippen MR) is 74.3 cm³/mol. The number of aromatic nitrogens is 2. The molecule has 0 saturated carbocycles. The maximum absolute atomic E-state index is 13.9. The number of aliphatic carboxylic acids is 1. The lowest BCUT2D eigenvalue weighted by Crippen LogP contribution is -2.02. The van der Waals surface area contributed by atoms with E-state index in [9.17, 15) is 9.18 Å². The molecule has 0 aliphatic rings. The van der Waals surface area contributed by atoms with Gasteiger partial charge in [0.25, 0.3) is 0 Å². The Kier molecular flexibility index (Phi) is 4.26. The van der Waals surface area contributed by atoms with Crippen molar-refractivity contribution >= 4 is 33.7 Å². The first kappa shape index (κ1) is 14.1. The number of hydrogen-bond acceptors (Lipinski definition) is 3. The summed E-state index contributed by atoms with van der Waals surface area (Å²) in [4.78, 5) is 14.8. The van der Waals surface area contributed by atoms with Gasteiger partial charge >= 0.3 is 5.97 Å². The molecular weight excluding hydrogens is 335 g/mol. The van der Waals surface area contributed by atoms with Crippen LogP contribution in [0.25, 0.3) is 5.69 Å². The van der Waals surface area contributed by atoms with Gasteiger partial charge < -0.3 is 5.11 Å². The van der Waals surface area contributed by atoms with Crippen molar-refractivity contribution in [3.8, 4) is 5.69 Å². The lowest BCUT2D eigenvalue weighted by molar-refractivity contribution is -0.133. The molecule has 100 valence electrons. The Morgan fingerprint density at radius 1 is 1.58 bits per heavy atom. The first-order valence-corrected chi connectivity index (χ1v) is 7.11. The minimum atomic E-state index is -0.937. The second-order valence-corrected chi connectivity index (χ2v) is 5.67. The number of imidazole rings is 1. The van der Waals surface area contributed by atoms with Gasteiger partial charge in [-0.15, -0.1) is 0 Å². The van der Waals surface area contributed by atoms with Crippen LogP contribution in [-0.2, 0) is 4.79 Å². The molecule has 0 atom stereocenters. The molecule has 1 N–H and O–H groups in total. The molecule has 1 aromatic carbocycles. The van der Waals surface area contributed by atoms with Gasteiger partial charge in [-0.3, -0.25) is 9.36 Å². The molecule has 0 fully saturated rings. The fourth-order valence-electron chi connectivity index (χ4n) is 1.55. The number of benzene rings is 1. The van der Waals surface area contributed by atoms with E-state index in [4.69, 9.17) is 5.11 Å². The van der Waals surface area contributed by atoms with Crippen LogP contribution in [0, 0.1) is 12.7 Å². The zero-order chi connectivity index (χ0) is 14.0. The van der Waals surface area contributed by atoms with Crippen molar-refractivity contribution in [2.24, 2.45) is 0 Å². The number of carboxylic acids is 1. The SMILES string of the molecule is Cc1cn(-c2ccc(Br)cc2F)c(SCC(=O)O)n1. The largest absolute Gasteiger partial charge is 0.481 e. The molecule has 4 nitrogen and oxygen atoms in total. The van der Waals surface area contributed by atoms with E-state index in [1.54, 1.807) is 29.8 Å². The number of carboxylic acid groups (broad SMARTS) is 1. The number of rotatable bonds is 4. The fourth-order valence-corrected chi connectivity index (χ4v) is 2.64. The van der Waals surface area contributed by atoms with Gasteiger partial charge in [-0.25, -0.2) is 9.37 Å². The summed E-state index contributed by atoms with van der Waals surface area (Å²) >= 11 is 4.25. The summed E-state index contributed by atoms with van der Waals surface area (Å²) in [5, 5.41) is 9.16. The van der Waals surface area contributed by atoms with E-state index in [-0.39, 0.29) is 5.75 Å². The van der Waals surface area contributed by atoms with Crippen molar-refractivity contribution in [3.63, 3.8) is 0 Å². The normalized spacial score (nSPS) is 10.7. The maximum Gasteiger partial charge on any atom is 0.313 e. The standard InChI is InChI=1S/C12H10BrFN2O2S/c1-7-5-16(12(15-7)19-6-11(17)18)10-3-2-8(13)4-9(10)14/h2-5H,6H2,1H3,(H,17,18). The van der Waals surface area contributed by atoms with Gasteiger partial charge in [0.2, 0.25) is 0 Å². The van der Waals surface area contributed by atoms with Gasteiger partial charge in [0.15, 0.2) is 5.16 Å². The molecular formula is C12H10BrFN2O2S. The number of thioether (sulfide) groups is 1. The molecule has 2 rings (SSSR count). The molecule has 1 heterocycles. The van der Waals surface area contributed by atoms with Crippen LogP contribution in [0.3, 0.4) is 0 Å². The minimum Gasteiger partial charge on any atom is -0.481 e. The van der Waals surface area contributed by atoms with Crippen LogP contribution in [0.2, 0.25) is 0 Å². The van der Waals surface area contributed by atoms with Gasteiger partial charge in [-0.1, -0.05) is 27.7 Å². The fraction of sp³-hybridized carbons (Fsp3) is 0.167. The smallest absolute Gasteiger partial charge is 0.313 e. The molecule has 0 amide bonds. The Morgan fingerprint density at radius 2 is 2.32 bits per heavy atom. The Morgan fingerprint density at radius 3 is 2.95 bits per heavy atom. The third-order valence-electron chi connectivity index (χ3n) is 2.29. The lowest BCUT2D eigenvalue weighted by Gasteiger charge is -2.08. The molecule has 0 radical (unpaired) electrons. The van der Waals surface area contributed by atoms with Crippen LogP contribution in [0.4, 0.5) is 4.39 Å². The monoisotopic (exact) mass is 344 g/mol. The summed E-state index contributed by atoms with van der Waals surface area (Å²) in [6, 6.07) is 4.70. The van der Waals surface area contributed by atoms with Crippen molar-refractivity contribution in [3.05, 3.63) is 40.4 Å². The molecule has 0 unspecified atom stereocenters. The first-order valence-electron chi connectivity index (χ1n) is 5.33. The van der Waals surface area contributed by atoms with Crippen molar-refractivity contribution in [1.29, 1.82) is 0 Å². The highest BCUT2D eigenvalue weighted by molar-refractivity contribution is 9.10. The number of aryl methyl sites for hydroxylation is 1. The van der Waals surface area contributed by atoms with Gasteiger partial charge in [-0.2, -0.15) is 0 Å². The predicted octanol–water partition coefficient (Wildman–Crippen LogP) is 3.26. The van der Waals surface area contributed by atoms with E-state index in [1.807, 2.05) is 0 Å². The molecule has 0 spiro atoms. The average molecular weight is 345 g/mol. The Labute approximate surface area is 121 Å². The van der Waals surface area contributed by atoms with Crippen LogP contribution in [0.5, 0.6) is 0 Å². The summed E-state index contributed by atoms with van der Waals surface area (Å²) in [7, 11) is 0. The molecule has 0 saturated heterocycles. The van der Waals surface area contributed by atoms with Gasteiger partial charge in [0.1, 0.15) is 5.82 Å². The van der Waals surface area contributed by atoms with E-state index >= 15 is 0 Å². The average Bonchev–Trinajstić information content (AvgIpc) is 2.67. The zero-order valence-corrected chi connectivity index (χ0v) is 12.3. The van der Waals surface area contributed by atoms with Gasteiger partial charge in [0.05, 0.1) is 17.1 Å². The number of hydrogen-bond donors (Lipinski definition) is 1. The molecule has 7 heteroatoms. The van der Waals surface area contributed by atoms with Crippen LogP contribution in [0.15, 0.2) is 34.0 Å². The topological polar surface area (TPSA) is 55.1 Å². The highest BCUT2D eigenvalue weighted by atomic mass is 79.9. The van der Waals surface area contributed by atoms with Gasteiger partial charge in [0, 0.05) is 10.7 Å².